The molecule has 0 aromatic rings. The summed E-state index contributed by atoms with van der Waals surface area (Å²) < 4.78 is 4.70. The maximum Gasteiger partial charge on any atom is 0.418 e. The monoisotopic (exact) mass is 225 g/mol. The second-order valence-electron chi connectivity index (χ2n) is 3.54. The lowest BCUT2D eigenvalue weighted by Gasteiger charge is -2.24. The largest absolute Gasteiger partial charge is 0.457 e. The van der Waals surface area contributed by atoms with E-state index in [0.29, 0.717) is 13.0 Å². The molecule has 0 aromatic carbocycles. The molecule has 1 amide bonds. The summed E-state index contributed by atoms with van der Waals surface area (Å²) >= 11 is 0. The number of hydrogen-bond donors (Lipinski definition) is 0. The van der Waals surface area contributed by atoms with Gasteiger partial charge in [0.05, 0.1) is 6.61 Å². The Morgan fingerprint density at radius 1 is 1.56 bits per heavy atom. The Morgan fingerprint density at radius 3 is 2.88 bits per heavy atom. The number of ether oxygens (including phenoxy) is 1. The molecule has 88 valence electrons. The molecule has 0 spiro atoms. The van der Waals surface area contributed by atoms with Crippen LogP contribution in [0, 0.1) is 0 Å². The Labute approximate surface area is 93.8 Å². The van der Waals surface area contributed by atoms with Gasteiger partial charge < -0.3 is 15.2 Å². The number of piperidine rings is 1. The van der Waals surface area contributed by atoms with Crippen LogP contribution in [0.3, 0.4) is 0 Å². The fourth-order valence-corrected chi connectivity index (χ4v) is 1.56. The third kappa shape index (κ3) is 3.17. The number of carbonyl (C=O) groups excluding carboxylic acids is 2. The topological polar surface area (TPSA) is 83.0 Å². The number of esters is 1. The smallest absolute Gasteiger partial charge is 0.418 e. The van der Waals surface area contributed by atoms with Gasteiger partial charge in [0, 0.05) is 13.0 Å². The van der Waals surface area contributed by atoms with Gasteiger partial charge in [-0.3, -0.25) is 4.79 Å². The molecule has 1 saturated heterocycles. The molecule has 1 rings (SSSR count). The molecule has 0 N–H and O–H groups in total. The highest BCUT2D eigenvalue weighted by Crippen LogP contribution is 2.09. The number of hydrogen-bond acceptors (Lipinski definition) is 3. The molecule has 0 radical (unpaired) electrons. The van der Waals surface area contributed by atoms with Crippen molar-refractivity contribution in [1.29, 1.82) is 0 Å². The Morgan fingerprint density at radius 2 is 2.31 bits per heavy atom. The van der Waals surface area contributed by atoms with E-state index in [1.807, 2.05) is 0 Å². The Kier molecular flexibility index (Phi) is 4.66. The first-order valence-corrected chi connectivity index (χ1v) is 5.34. The molecular formula is C10H15N3O3. The van der Waals surface area contributed by atoms with Crippen molar-refractivity contribution in [3.8, 4) is 0 Å². The van der Waals surface area contributed by atoms with Crippen LogP contribution < -0.4 is 0 Å². The van der Waals surface area contributed by atoms with Crippen LogP contribution in [-0.2, 0) is 14.3 Å². The lowest BCUT2D eigenvalue weighted by molar-refractivity contribution is -0.141. The fraction of sp³-hybridized carbons (Fsp3) is 0.700. The molecule has 0 bridgehead atoms. The van der Waals surface area contributed by atoms with E-state index in [9.17, 15) is 9.59 Å². The van der Waals surface area contributed by atoms with E-state index in [2.05, 4.69) is 4.79 Å². The van der Waals surface area contributed by atoms with Crippen LogP contribution in [0.5, 0.6) is 0 Å². The van der Waals surface area contributed by atoms with E-state index >= 15 is 0 Å². The van der Waals surface area contributed by atoms with Crippen molar-refractivity contribution in [2.24, 2.45) is 0 Å². The zero-order valence-electron chi connectivity index (χ0n) is 9.31. The third-order valence-corrected chi connectivity index (χ3v) is 2.39. The van der Waals surface area contributed by atoms with E-state index in [4.69, 9.17) is 10.3 Å². The second kappa shape index (κ2) is 6.02. The summed E-state index contributed by atoms with van der Waals surface area (Å²) in [6.45, 7) is 2.50. The molecule has 0 aliphatic carbocycles. The number of likely N-dealkylation sites (tertiary alicyclic amines) is 1. The summed E-state index contributed by atoms with van der Waals surface area (Å²) in [5, 5.41) is 0. The zero-order valence-corrected chi connectivity index (χ0v) is 9.31. The Balaban J connectivity index is 2.59. The quantitative estimate of drug-likeness (QED) is 0.297. The Bertz CT molecular complexity index is 334. The number of rotatable bonds is 4. The molecule has 0 saturated carbocycles. The number of carbonyl (C=O) groups is 2. The van der Waals surface area contributed by atoms with E-state index in [-0.39, 0.29) is 24.8 Å². The molecule has 0 atom stereocenters. The van der Waals surface area contributed by atoms with Crippen molar-refractivity contribution in [2.75, 3.05) is 19.7 Å². The molecule has 0 unspecified atom stereocenters. The van der Waals surface area contributed by atoms with Gasteiger partial charge in [-0.15, -0.1) is 0 Å². The normalized spacial score (nSPS) is 15.6. The lowest BCUT2D eigenvalue weighted by Crippen LogP contribution is -2.41. The van der Waals surface area contributed by atoms with E-state index in [0.717, 1.165) is 12.8 Å². The van der Waals surface area contributed by atoms with Crippen LogP contribution in [0.4, 0.5) is 0 Å². The third-order valence-electron chi connectivity index (χ3n) is 2.39. The first kappa shape index (κ1) is 12.4. The van der Waals surface area contributed by atoms with Crippen LogP contribution in [0.25, 0.3) is 5.53 Å². The molecule has 6 heteroatoms. The average Bonchev–Trinajstić information content (AvgIpc) is 2.28. The van der Waals surface area contributed by atoms with Gasteiger partial charge in [0.15, 0.2) is 0 Å². The summed E-state index contributed by atoms with van der Waals surface area (Å²) in [6, 6.07) is 0. The SMILES string of the molecule is CCOC(=O)C(CN1CCCCC1=O)=[N+]=[N-]. The molecule has 1 aliphatic rings. The number of nitrogens with zero attached hydrogens (tertiary/aromatic N) is 3. The van der Waals surface area contributed by atoms with E-state index in [1.165, 1.54) is 4.90 Å². The minimum Gasteiger partial charge on any atom is -0.457 e. The maximum absolute atomic E-state index is 11.5. The van der Waals surface area contributed by atoms with Gasteiger partial charge in [0.1, 0.15) is 6.54 Å². The van der Waals surface area contributed by atoms with Crippen LogP contribution in [-0.4, -0.2) is 47.0 Å². The highest BCUT2D eigenvalue weighted by molar-refractivity contribution is 6.35. The summed E-state index contributed by atoms with van der Waals surface area (Å²) in [5.41, 5.74) is 8.56. The van der Waals surface area contributed by atoms with Gasteiger partial charge in [0.25, 0.3) is 0 Å². The predicted octanol–water partition coefficient (Wildman–Crippen LogP) is 0.233. The first-order chi connectivity index (χ1) is 7.69. The first-order valence-electron chi connectivity index (χ1n) is 5.34. The summed E-state index contributed by atoms with van der Waals surface area (Å²) in [6.07, 6.45) is 2.27. The second-order valence-corrected chi connectivity index (χ2v) is 3.54. The van der Waals surface area contributed by atoms with Gasteiger partial charge in [-0.2, -0.15) is 4.79 Å². The van der Waals surface area contributed by atoms with Crippen LogP contribution in [0.15, 0.2) is 0 Å². The Hall–Kier alpha value is -1.68. The number of amides is 1. The summed E-state index contributed by atoms with van der Waals surface area (Å²) in [5.74, 6) is -0.694. The standard InChI is InChI=1S/C10H15N3O3/c1-2-16-10(15)8(12-11)7-13-6-4-3-5-9(13)14/h2-7H2,1H3. The van der Waals surface area contributed by atoms with Crippen molar-refractivity contribution >= 4 is 17.6 Å². The van der Waals surface area contributed by atoms with Crippen molar-refractivity contribution in [1.82, 2.24) is 4.90 Å². The highest BCUT2D eigenvalue weighted by atomic mass is 16.5. The molecular weight excluding hydrogens is 210 g/mol. The lowest BCUT2D eigenvalue weighted by atomic mass is 10.1. The molecule has 1 aliphatic heterocycles. The van der Waals surface area contributed by atoms with Gasteiger partial charge >= 0.3 is 11.7 Å². The van der Waals surface area contributed by atoms with Crippen LogP contribution in [0.1, 0.15) is 26.2 Å². The van der Waals surface area contributed by atoms with E-state index < -0.39 is 5.97 Å². The van der Waals surface area contributed by atoms with Crippen LogP contribution >= 0.6 is 0 Å². The van der Waals surface area contributed by atoms with Gasteiger partial charge in [0.2, 0.25) is 5.91 Å². The van der Waals surface area contributed by atoms with Crippen molar-refractivity contribution in [3.05, 3.63) is 5.53 Å². The molecule has 6 nitrogen and oxygen atoms in total. The average molecular weight is 225 g/mol. The van der Waals surface area contributed by atoms with Crippen molar-refractivity contribution in [2.45, 2.75) is 26.2 Å². The minimum absolute atomic E-state index is 0.0169. The molecule has 1 heterocycles. The maximum atomic E-state index is 11.5. The molecule has 1 fully saturated rings. The summed E-state index contributed by atoms with van der Waals surface area (Å²) in [4.78, 5) is 27.2. The summed E-state index contributed by atoms with van der Waals surface area (Å²) in [7, 11) is 0. The minimum atomic E-state index is -0.677. The van der Waals surface area contributed by atoms with Gasteiger partial charge in [-0.05, 0) is 19.8 Å². The fourth-order valence-electron chi connectivity index (χ4n) is 1.56. The van der Waals surface area contributed by atoms with Gasteiger partial charge in [-0.25, -0.2) is 4.79 Å². The highest BCUT2D eigenvalue weighted by Gasteiger charge is 2.28. The van der Waals surface area contributed by atoms with Crippen molar-refractivity contribution in [3.63, 3.8) is 0 Å². The zero-order chi connectivity index (χ0) is 12.0. The molecule has 0 aromatic heterocycles. The van der Waals surface area contributed by atoms with Crippen molar-refractivity contribution < 1.29 is 19.1 Å². The van der Waals surface area contributed by atoms with E-state index in [1.54, 1.807) is 6.92 Å². The van der Waals surface area contributed by atoms with Crippen LogP contribution in [0.2, 0.25) is 0 Å². The van der Waals surface area contributed by atoms with Gasteiger partial charge in [-0.1, -0.05) is 0 Å². The molecule has 16 heavy (non-hydrogen) atoms. The predicted molar refractivity (Wildman–Crippen MR) is 55.7 cm³/mol.